The maximum absolute atomic E-state index is 11.8. The summed E-state index contributed by atoms with van der Waals surface area (Å²) in [4.78, 5) is 21.5. The van der Waals surface area contributed by atoms with E-state index in [4.69, 9.17) is 27.3 Å². The van der Waals surface area contributed by atoms with E-state index in [0.29, 0.717) is 28.8 Å². The molecule has 4 aromatic carbocycles. The van der Waals surface area contributed by atoms with Crippen molar-refractivity contribution in [2.75, 3.05) is 10.6 Å². The molecule has 1 heterocycles. The van der Waals surface area contributed by atoms with E-state index in [9.17, 15) is 4.79 Å². The number of benzene rings is 4. The third kappa shape index (κ3) is 5.55. The van der Waals surface area contributed by atoms with Crippen molar-refractivity contribution in [3.8, 4) is 0 Å². The number of anilines is 4. The molecule has 0 aliphatic rings. The monoisotopic (exact) mass is 507 g/mol. The number of halogens is 1. The Labute approximate surface area is 220 Å². The molecule has 6 nitrogen and oxygen atoms in total. The Morgan fingerprint density at radius 1 is 0.838 bits per heavy atom. The zero-order valence-electron chi connectivity index (χ0n) is 20.3. The summed E-state index contributed by atoms with van der Waals surface area (Å²) in [5.74, 6) is 0.762. The Bertz CT molecular complexity index is 1580. The highest BCUT2D eigenvalue weighted by Gasteiger charge is 2.12. The summed E-state index contributed by atoms with van der Waals surface area (Å²) in [5.41, 5.74) is 11.8. The van der Waals surface area contributed by atoms with Crippen LogP contribution in [0, 0.1) is 0 Å². The lowest BCUT2D eigenvalue weighted by molar-refractivity contribution is 0.0999. The highest BCUT2D eigenvalue weighted by molar-refractivity contribution is 6.30. The van der Waals surface area contributed by atoms with Crippen molar-refractivity contribution in [3.63, 3.8) is 0 Å². The summed E-state index contributed by atoms with van der Waals surface area (Å²) in [6, 6.07) is 29.0. The summed E-state index contributed by atoms with van der Waals surface area (Å²) < 4.78 is 0. The van der Waals surface area contributed by atoms with E-state index in [0.717, 1.165) is 45.4 Å². The van der Waals surface area contributed by atoms with E-state index in [2.05, 4.69) is 23.6 Å². The van der Waals surface area contributed by atoms with Crippen LogP contribution in [-0.4, -0.2) is 15.9 Å². The molecule has 184 valence electrons. The number of carbonyl (C=O) groups is 1. The minimum atomic E-state index is -0.429. The standard InChI is InChI=1S/C30H26ClN5O/c1-2-20-9-6-12-26-27(20)35-30(36-29(26)33-23-15-13-22(31)14-16-23)34-24-10-5-7-19(18-24)17-21-8-3-4-11-25(21)28(32)37/h3-16,18H,2,17H2,1H3,(H2,32,37)(H2,33,34,35,36). The van der Waals surface area contributed by atoms with Crippen LogP contribution in [0.4, 0.5) is 23.1 Å². The molecule has 37 heavy (non-hydrogen) atoms. The molecule has 0 fully saturated rings. The topological polar surface area (TPSA) is 92.9 Å². The molecule has 0 saturated heterocycles. The Balaban J connectivity index is 1.49. The zero-order valence-corrected chi connectivity index (χ0v) is 21.1. The second kappa shape index (κ2) is 10.7. The summed E-state index contributed by atoms with van der Waals surface area (Å²) in [7, 11) is 0. The molecule has 0 aliphatic carbocycles. The minimum absolute atomic E-state index is 0.429. The fraction of sp³-hybridized carbons (Fsp3) is 0.100. The van der Waals surface area contributed by atoms with Crippen molar-refractivity contribution in [3.05, 3.63) is 118 Å². The van der Waals surface area contributed by atoms with Crippen LogP contribution in [0.15, 0.2) is 91.0 Å². The lowest BCUT2D eigenvalue weighted by Gasteiger charge is -2.14. The molecule has 0 atom stereocenters. The van der Waals surface area contributed by atoms with E-state index in [1.54, 1.807) is 6.07 Å². The lowest BCUT2D eigenvalue weighted by Crippen LogP contribution is -2.13. The number of para-hydroxylation sites is 1. The van der Waals surface area contributed by atoms with Crippen molar-refractivity contribution in [2.24, 2.45) is 5.73 Å². The van der Waals surface area contributed by atoms with Crippen LogP contribution in [0.2, 0.25) is 5.02 Å². The van der Waals surface area contributed by atoms with Crippen molar-refractivity contribution in [1.29, 1.82) is 0 Å². The molecule has 4 N–H and O–H groups in total. The largest absolute Gasteiger partial charge is 0.366 e. The van der Waals surface area contributed by atoms with Gasteiger partial charge in [-0.15, -0.1) is 0 Å². The SMILES string of the molecule is CCc1cccc2c(Nc3ccc(Cl)cc3)nc(Nc3cccc(Cc4ccccc4C(N)=O)c3)nc12. The molecule has 1 amide bonds. The number of hydrogen-bond donors (Lipinski definition) is 3. The average molecular weight is 508 g/mol. The quantitative estimate of drug-likeness (QED) is 0.210. The summed E-state index contributed by atoms with van der Waals surface area (Å²) in [6.07, 6.45) is 1.43. The van der Waals surface area contributed by atoms with Gasteiger partial charge in [0, 0.05) is 27.3 Å². The van der Waals surface area contributed by atoms with E-state index in [-0.39, 0.29) is 0 Å². The molecule has 0 saturated carbocycles. The number of aromatic nitrogens is 2. The summed E-state index contributed by atoms with van der Waals surface area (Å²) >= 11 is 6.07. The first-order valence-electron chi connectivity index (χ1n) is 12.1. The van der Waals surface area contributed by atoms with E-state index in [1.807, 2.05) is 78.9 Å². The Hall–Kier alpha value is -4.42. The van der Waals surface area contributed by atoms with Crippen molar-refractivity contribution in [1.82, 2.24) is 9.97 Å². The van der Waals surface area contributed by atoms with Gasteiger partial charge in [0.05, 0.1) is 5.52 Å². The first-order chi connectivity index (χ1) is 18.0. The molecule has 5 rings (SSSR count). The normalized spacial score (nSPS) is 10.9. The van der Waals surface area contributed by atoms with Gasteiger partial charge in [0.15, 0.2) is 0 Å². The predicted molar refractivity (Wildman–Crippen MR) is 151 cm³/mol. The van der Waals surface area contributed by atoms with Gasteiger partial charge in [-0.2, -0.15) is 4.98 Å². The van der Waals surface area contributed by atoms with Gasteiger partial charge in [0.1, 0.15) is 5.82 Å². The number of hydrogen-bond acceptors (Lipinski definition) is 5. The molecule has 0 spiro atoms. The van der Waals surface area contributed by atoms with E-state index < -0.39 is 5.91 Å². The first-order valence-corrected chi connectivity index (χ1v) is 12.4. The summed E-state index contributed by atoms with van der Waals surface area (Å²) in [6.45, 7) is 2.11. The average Bonchev–Trinajstić information content (AvgIpc) is 2.90. The Morgan fingerprint density at radius 3 is 2.38 bits per heavy atom. The van der Waals surface area contributed by atoms with Crippen molar-refractivity contribution in [2.45, 2.75) is 19.8 Å². The number of carbonyl (C=O) groups excluding carboxylic acids is 1. The van der Waals surface area contributed by atoms with Crippen molar-refractivity contribution < 1.29 is 4.79 Å². The molecular weight excluding hydrogens is 482 g/mol. The van der Waals surface area contributed by atoms with Gasteiger partial charge < -0.3 is 16.4 Å². The molecule has 0 unspecified atom stereocenters. The van der Waals surface area contributed by atoms with Gasteiger partial charge in [0.25, 0.3) is 0 Å². The van der Waals surface area contributed by atoms with Gasteiger partial charge in [-0.25, -0.2) is 4.98 Å². The fourth-order valence-electron chi connectivity index (χ4n) is 4.34. The Kier molecular flexibility index (Phi) is 7.01. The zero-order chi connectivity index (χ0) is 25.8. The molecule has 5 aromatic rings. The third-order valence-corrected chi connectivity index (χ3v) is 6.41. The van der Waals surface area contributed by atoms with Gasteiger partial charge in [-0.05, 0) is 78.1 Å². The molecule has 0 radical (unpaired) electrons. The van der Waals surface area contributed by atoms with Crippen LogP contribution in [0.25, 0.3) is 10.9 Å². The highest BCUT2D eigenvalue weighted by atomic mass is 35.5. The first kappa shape index (κ1) is 24.3. The number of fused-ring (bicyclic) bond motifs is 1. The number of primary amides is 1. The van der Waals surface area contributed by atoms with Crippen LogP contribution >= 0.6 is 11.6 Å². The van der Waals surface area contributed by atoms with E-state index >= 15 is 0 Å². The van der Waals surface area contributed by atoms with E-state index in [1.165, 1.54) is 0 Å². The number of rotatable bonds is 8. The number of nitrogens with two attached hydrogens (primary N) is 1. The van der Waals surface area contributed by atoms with Gasteiger partial charge in [-0.3, -0.25) is 4.79 Å². The van der Waals surface area contributed by atoms with Crippen LogP contribution in [0.3, 0.4) is 0 Å². The number of nitrogens with one attached hydrogen (secondary N) is 2. The van der Waals surface area contributed by atoms with Crippen LogP contribution in [0.1, 0.15) is 34.0 Å². The van der Waals surface area contributed by atoms with Crippen molar-refractivity contribution >= 4 is 51.6 Å². The Morgan fingerprint density at radius 2 is 1.59 bits per heavy atom. The summed E-state index contributed by atoms with van der Waals surface area (Å²) in [5, 5.41) is 8.40. The number of aryl methyl sites for hydroxylation is 1. The van der Waals surface area contributed by atoms with Crippen LogP contribution in [0.5, 0.6) is 0 Å². The fourth-order valence-corrected chi connectivity index (χ4v) is 4.47. The van der Waals surface area contributed by atoms with Crippen LogP contribution < -0.4 is 16.4 Å². The predicted octanol–water partition coefficient (Wildman–Crippen LogP) is 7.02. The maximum Gasteiger partial charge on any atom is 0.248 e. The maximum atomic E-state index is 11.8. The highest BCUT2D eigenvalue weighted by Crippen LogP contribution is 2.29. The molecule has 0 aliphatic heterocycles. The smallest absolute Gasteiger partial charge is 0.248 e. The lowest BCUT2D eigenvalue weighted by atomic mass is 9.99. The second-order valence-electron chi connectivity index (χ2n) is 8.72. The van der Waals surface area contributed by atoms with Gasteiger partial charge in [0.2, 0.25) is 11.9 Å². The third-order valence-electron chi connectivity index (χ3n) is 6.16. The molecule has 1 aromatic heterocycles. The minimum Gasteiger partial charge on any atom is -0.366 e. The van der Waals surface area contributed by atoms with Gasteiger partial charge in [-0.1, -0.05) is 61.0 Å². The molecule has 0 bridgehead atoms. The molecule has 7 heteroatoms. The second-order valence-corrected chi connectivity index (χ2v) is 9.15. The molecular formula is C30H26ClN5O. The van der Waals surface area contributed by atoms with Crippen LogP contribution in [-0.2, 0) is 12.8 Å². The number of amides is 1. The van der Waals surface area contributed by atoms with Gasteiger partial charge >= 0.3 is 0 Å². The number of nitrogens with zero attached hydrogens (tertiary/aromatic N) is 2.